The van der Waals surface area contributed by atoms with Crippen LogP contribution in [0.1, 0.15) is 12.0 Å². The van der Waals surface area contributed by atoms with Gasteiger partial charge in [-0.15, -0.1) is 24.0 Å². The van der Waals surface area contributed by atoms with Crippen molar-refractivity contribution in [3.63, 3.8) is 0 Å². The summed E-state index contributed by atoms with van der Waals surface area (Å²) in [6, 6.07) is 9.75. The maximum Gasteiger partial charge on any atom is 0.190 e. The van der Waals surface area contributed by atoms with Gasteiger partial charge in [0.1, 0.15) is 16.7 Å². The smallest absolute Gasteiger partial charge is 0.190 e. The zero-order valence-electron chi connectivity index (χ0n) is 14.5. The lowest BCUT2D eigenvalue weighted by atomic mass is 10.2. The summed E-state index contributed by atoms with van der Waals surface area (Å²) in [6.07, 6.45) is 3.41. The van der Waals surface area contributed by atoms with Crippen LogP contribution in [-0.2, 0) is 6.42 Å². The Bertz CT molecular complexity index is 668. The third-order valence-corrected chi connectivity index (χ3v) is 3.64. The van der Waals surface area contributed by atoms with Crippen molar-refractivity contribution in [3.8, 4) is 5.75 Å². The molecule has 0 saturated carbocycles. The van der Waals surface area contributed by atoms with Crippen molar-refractivity contribution in [2.45, 2.75) is 12.8 Å². The number of aromatic nitrogens is 1. The molecule has 0 aliphatic heterocycles. The highest BCUT2D eigenvalue weighted by Crippen LogP contribution is 2.10. The Kier molecular flexibility index (Phi) is 11.0. The molecule has 2 aromatic rings. The van der Waals surface area contributed by atoms with Crippen LogP contribution in [0.25, 0.3) is 0 Å². The van der Waals surface area contributed by atoms with E-state index in [1.165, 1.54) is 12.1 Å². The number of halogens is 3. The highest BCUT2D eigenvalue weighted by molar-refractivity contribution is 14.0. The number of benzene rings is 1. The zero-order valence-corrected chi connectivity index (χ0v) is 17.6. The lowest BCUT2D eigenvalue weighted by molar-refractivity contribution is 0.310. The van der Waals surface area contributed by atoms with Crippen LogP contribution in [0, 0.1) is 5.82 Å². The van der Waals surface area contributed by atoms with E-state index in [1.807, 2.05) is 6.07 Å². The second-order valence-electron chi connectivity index (χ2n) is 5.32. The average molecular weight is 493 g/mol. The van der Waals surface area contributed by atoms with Gasteiger partial charge in [-0.3, -0.25) is 4.99 Å². The Hall–Kier alpha value is -1.61. The first kappa shape index (κ1) is 22.4. The number of pyridine rings is 1. The van der Waals surface area contributed by atoms with E-state index in [0.29, 0.717) is 17.5 Å². The molecule has 2 rings (SSSR count). The van der Waals surface area contributed by atoms with Gasteiger partial charge in [0.2, 0.25) is 0 Å². The molecule has 8 heteroatoms. The van der Waals surface area contributed by atoms with Crippen molar-refractivity contribution in [1.29, 1.82) is 0 Å². The van der Waals surface area contributed by atoms with E-state index in [4.69, 9.17) is 16.3 Å². The fourth-order valence-electron chi connectivity index (χ4n) is 2.10. The van der Waals surface area contributed by atoms with Crippen LogP contribution in [-0.4, -0.2) is 37.7 Å². The molecule has 142 valence electrons. The molecule has 0 amide bonds. The Labute approximate surface area is 175 Å². The second-order valence-corrected chi connectivity index (χ2v) is 5.71. The summed E-state index contributed by atoms with van der Waals surface area (Å²) < 4.78 is 18.3. The van der Waals surface area contributed by atoms with E-state index in [2.05, 4.69) is 20.6 Å². The van der Waals surface area contributed by atoms with Crippen molar-refractivity contribution in [1.82, 2.24) is 15.6 Å². The Morgan fingerprint density at radius 2 is 1.88 bits per heavy atom. The summed E-state index contributed by atoms with van der Waals surface area (Å²) in [6.45, 7) is 2.02. The Morgan fingerprint density at radius 3 is 2.54 bits per heavy atom. The van der Waals surface area contributed by atoms with Crippen LogP contribution in [0.2, 0.25) is 5.15 Å². The van der Waals surface area contributed by atoms with E-state index in [0.717, 1.165) is 37.5 Å². The molecule has 1 heterocycles. The van der Waals surface area contributed by atoms with Gasteiger partial charge in [0, 0.05) is 26.3 Å². The van der Waals surface area contributed by atoms with Gasteiger partial charge in [-0.25, -0.2) is 9.37 Å². The molecule has 5 nitrogen and oxygen atoms in total. The van der Waals surface area contributed by atoms with Crippen molar-refractivity contribution in [2.75, 3.05) is 26.7 Å². The largest absolute Gasteiger partial charge is 0.494 e. The van der Waals surface area contributed by atoms with Crippen LogP contribution in [0.15, 0.2) is 47.6 Å². The first-order chi connectivity index (χ1) is 12.2. The van der Waals surface area contributed by atoms with Crippen molar-refractivity contribution >= 4 is 41.5 Å². The third kappa shape index (κ3) is 8.66. The lowest BCUT2D eigenvalue weighted by Crippen LogP contribution is -2.39. The van der Waals surface area contributed by atoms with Crippen molar-refractivity contribution in [2.24, 2.45) is 4.99 Å². The van der Waals surface area contributed by atoms with Crippen LogP contribution in [0.5, 0.6) is 5.75 Å². The summed E-state index contributed by atoms with van der Waals surface area (Å²) in [5.41, 5.74) is 1.11. The molecule has 0 atom stereocenters. The predicted octanol–water partition coefficient (Wildman–Crippen LogP) is 3.67. The molecule has 0 radical (unpaired) electrons. The first-order valence-corrected chi connectivity index (χ1v) is 8.48. The van der Waals surface area contributed by atoms with Gasteiger partial charge in [0.15, 0.2) is 5.96 Å². The first-order valence-electron chi connectivity index (χ1n) is 8.10. The Morgan fingerprint density at radius 1 is 1.15 bits per heavy atom. The lowest BCUT2D eigenvalue weighted by Gasteiger charge is -2.12. The summed E-state index contributed by atoms with van der Waals surface area (Å²) in [4.78, 5) is 8.23. The SMILES string of the molecule is CN=C(NCCCOc1ccc(F)cc1)NCCc1ccc(Cl)nc1.I. The monoisotopic (exact) mass is 492 g/mol. The molecule has 0 aliphatic rings. The van der Waals surface area contributed by atoms with E-state index < -0.39 is 0 Å². The van der Waals surface area contributed by atoms with Crippen molar-refractivity contribution in [3.05, 3.63) is 59.1 Å². The van der Waals surface area contributed by atoms with E-state index in [9.17, 15) is 4.39 Å². The molecule has 0 bridgehead atoms. The molecular weight excluding hydrogens is 470 g/mol. The topological polar surface area (TPSA) is 58.5 Å². The average Bonchev–Trinajstić information content (AvgIpc) is 2.63. The molecule has 0 aliphatic carbocycles. The summed E-state index contributed by atoms with van der Waals surface area (Å²) in [5.74, 6) is 1.14. The molecule has 1 aromatic heterocycles. The summed E-state index contributed by atoms with van der Waals surface area (Å²) in [7, 11) is 1.73. The molecule has 26 heavy (non-hydrogen) atoms. The van der Waals surface area contributed by atoms with Gasteiger partial charge in [0.05, 0.1) is 6.61 Å². The van der Waals surface area contributed by atoms with Gasteiger partial charge in [-0.1, -0.05) is 17.7 Å². The maximum absolute atomic E-state index is 12.8. The van der Waals surface area contributed by atoms with Gasteiger partial charge in [-0.05, 0) is 48.7 Å². The molecule has 0 unspecified atom stereocenters. The molecule has 0 spiro atoms. The van der Waals surface area contributed by atoms with Gasteiger partial charge < -0.3 is 15.4 Å². The zero-order chi connectivity index (χ0) is 17.9. The number of nitrogens with one attached hydrogen (secondary N) is 2. The highest BCUT2D eigenvalue weighted by atomic mass is 127. The minimum Gasteiger partial charge on any atom is -0.494 e. The second kappa shape index (κ2) is 12.7. The molecule has 1 aromatic carbocycles. The number of rotatable bonds is 8. The minimum absolute atomic E-state index is 0. The van der Waals surface area contributed by atoms with Crippen molar-refractivity contribution < 1.29 is 9.13 Å². The van der Waals surface area contributed by atoms with E-state index in [1.54, 1.807) is 31.4 Å². The minimum atomic E-state index is -0.265. The maximum atomic E-state index is 12.8. The highest BCUT2D eigenvalue weighted by Gasteiger charge is 1.99. The van der Waals surface area contributed by atoms with Crippen LogP contribution in [0.4, 0.5) is 4.39 Å². The molecule has 2 N–H and O–H groups in total. The predicted molar refractivity (Wildman–Crippen MR) is 114 cm³/mol. The normalized spacial score (nSPS) is 10.8. The number of hydrogen-bond acceptors (Lipinski definition) is 3. The number of aliphatic imine (C=N–C) groups is 1. The standard InChI is InChI=1S/C18H22ClFN4O.HI/c1-21-18(23-11-9-14-3-8-17(19)24-13-14)22-10-2-12-25-16-6-4-15(20)5-7-16;/h3-8,13H,2,9-12H2,1H3,(H2,21,22,23);1H. The third-order valence-electron chi connectivity index (χ3n) is 3.41. The van der Waals surface area contributed by atoms with Crippen LogP contribution < -0.4 is 15.4 Å². The van der Waals surface area contributed by atoms with Gasteiger partial charge in [-0.2, -0.15) is 0 Å². The van der Waals surface area contributed by atoms with E-state index in [-0.39, 0.29) is 29.8 Å². The van der Waals surface area contributed by atoms with Crippen LogP contribution in [0.3, 0.4) is 0 Å². The van der Waals surface area contributed by atoms with Gasteiger partial charge >= 0.3 is 0 Å². The number of nitrogens with zero attached hydrogens (tertiary/aromatic N) is 2. The van der Waals surface area contributed by atoms with Gasteiger partial charge in [0.25, 0.3) is 0 Å². The molecule has 0 saturated heterocycles. The fraction of sp³-hybridized carbons (Fsp3) is 0.333. The Balaban J connectivity index is 0.00000338. The number of ether oxygens (including phenoxy) is 1. The van der Waals surface area contributed by atoms with Crippen LogP contribution >= 0.6 is 35.6 Å². The number of guanidine groups is 1. The summed E-state index contributed by atoms with van der Waals surface area (Å²) >= 11 is 5.76. The number of hydrogen-bond donors (Lipinski definition) is 2. The fourth-order valence-corrected chi connectivity index (χ4v) is 2.21. The molecular formula is C18H23ClFIN4O. The quantitative estimate of drug-likeness (QED) is 0.194. The molecule has 0 fully saturated rings. The summed E-state index contributed by atoms with van der Waals surface area (Å²) in [5, 5.41) is 6.96. The van der Waals surface area contributed by atoms with E-state index >= 15 is 0 Å².